The quantitative estimate of drug-likeness (QED) is 0.201. The standard InChI is InChI=1S/C21H34N4O3.HI/c1-4-28-18-11-10-17(15-19(18)27-3)25-21(22-2)24-13-12-23-20(26)14-16-8-6-5-7-9-16;/h10-11,15-16H,4-9,12-14H2,1-3H3,(H,23,26)(H2,22,24,25);1H. The first-order chi connectivity index (χ1) is 13.7. The number of carbonyl (C=O) groups excluding carboxylic acids is 1. The third-order valence-corrected chi connectivity index (χ3v) is 4.89. The molecule has 0 saturated heterocycles. The number of ether oxygens (including phenoxy) is 2. The lowest BCUT2D eigenvalue weighted by molar-refractivity contribution is -0.122. The number of guanidine groups is 1. The summed E-state index contributed by atoms with van der Waals surface area (Å²) in [7, 11) is 3.33. The van der Waals surface area contributed by atoms with Crippen LogP contribution in [-0.4, -0.2) is 45.7 Å². The number of halogens is 1. The Hall–Kier alpha value is -1.71. The Morgan fingerprint density at radius 3 is 2.52 bits per heavy atom. The largest absolute Gasteiger partial charge is 0.493 e. The average molecular weight is 518 g/mol. The van der Waals surface area contributed by atoms with Gasteiger partial charge < -0.3 is 25.4 Å². The topological polar surface area (TPSA) is 84.0 Å². The van der Waals surface area contributed by atoms with E-state index in [9.17, 15) is 4.79 Å². The van der Waals surface area contributed by atoms with Gasteiger partial charge in [0.2, 0.25) is 5.91 Å². The highest BCUT2D eigenvalue weighted by Crippen LogP contribution is 2.30. The van der Waals surface area contributed by atoms with E-state index in [1.165, 1.54) is 32.1 Å². The molecule has 2 rings (SSSR count). The first-order valence-corrected chi connectivity index (χ1v) is 10.2. The van der Waals surface area contributed by atoms with Crippen LogP contribution >= 0.6 is 24.0 Å². The minimum Gasteiger partial charge on any atom is -0.493 e. The molecule has 1 fully saturated rings. The van der Waals surface area contributed by atoms with Crippen molar-refractivity contribution in [1.29, 1.82) is 0 Å². The Morgan fingerprint density at radius 1 is 1.14 bits per heavy atom. The van der Waals surface area contributed by atoms with Gasteiger partial charge >= 0.3 is 0 Å². The highest BCUT2D eigenvalue weighted by Gasteiger charge is 2.16. The Balaban J connectivity index is 0.00000420. The molecule has 1 aromatic carbocycles. The van der Waals surface area contributed by atoms with Gasteiger partial charge in [0.25, 0.3) is 0 Å². The molecule has 0 aromatic heterocycles. The zero-order chi connectivity index (χ0) is 20.2. The van der Waals surface area contributed by atoms with Crippen molar-refractivity contribution >= 4 is 41.5 Å². The summed E-state index contributed by atoms with van der Waals surface area (Å²) in [5, 5.41) is 9.42. The number of carbonyl (C=O) groups is 1. The van der Waals surface area contributed by atoms with Crippen LogP contribution in [0.3, 0.4) is 0 Å². The molecule has 7 nitrogen and oxygen atoms in total. The van der Waals surface area contributed by atoms with Crippen LogP contribution in [0.4, 0.5) is 5.69 Å². The van der Waals surface area contributed by atoms with E-state index in [2.05, 4.69) is 20.9 Å². The van der Waals surface area contributed by atoms with Gasteiger partial charge in [-0.05, 0) is 37.8 Å². The highest BCUT2D eigenvalue weighted by molar-refractivity contribution is 14.0. The Kier molecular flexibility index (Phi) is 12.5. The van der Waals surface area contributed by atoms with Crippen LogP contribution in [-0.2, 0) is 4.79 Å². The minimum atomic E-state index is 0. The first kappa shape index (κ1) is 25.3. The highest BCUT2D eigenvalue weighted by atomic mass is 127. The second kappa shape index (κ2) is 14.3. The summed E-state index contributed by atoms with van der Waals surface area (Å²) in [5.41, 5.74) is 0.842. The Bertz CT molecular complexity index is 649. The molecule has 1 saturated carbocycles. The molecule has 8 heteroatoms. The molecule has 0 unspecified atom stereocenters. The van der Waals surface area contributed by atoms with E-state index in [1.807, 2.05) is 25.1 Å². The number of nitrogens with zero attached hydrogens (tertiary/aromatic N) is 1. The average Bonchev–Trinajstić information content (AvgIpc) is 2.72. The van der Waals surface area contributed by atoms with Gasteiger partial charge in [0.15, 0.2) is 17.5 Å². The van der Waals surface area contributed by atoms with Crippen LogP contribution in [0.2, 0.25) is 0 Å². The fourth-order valence-corrected chi connectivity index (χ4v) is 3.44. The van der Waals surface area contributed by atoms with Crippen molar-refractivity contribution in [3.8, 4) is 11.5 Å². The molecule has 0 bridgehead atoms. The summed E-state index contributed by atoms with van der Waals surface area (Å²) in [5.74, 6) is 2.71. The smallest absolute Gasteiger partial charge is 0.220 e. The van der Waals surface area contributed by atoms with Gasteiger partial charge in [-0.15, -0.1) is 24.0 Å². The van der Waals surface area contributed by atoms with Crippen molar-refractivity contribution in [1.82, 2.24) is 10.6 Å². The van der Waals surface area contributed by atoms with Crippen molar-refractivity contribution in [2.75, 3.05) is 39.2 Å². The molecule has 29 heavy (non-hydrogen) atoms. The van der Waals surface area contributed by atoms with Crippen molar-refractivity contribution in [3.63, 3.8) is 0 Å². The Morgan fingerprint density at radius 2 is 1.86 bits per heavy atom. The monoisotopic (exact) mass is 518 g/mol. The van der Waals surface area contributed by atoms with E-state index in [1.54, 1.807) is 14.2 Å². The van der Waals surface area contributed by atoms with Crippen molar-refractivity contribution < 1.29 is 14.3 Å². The maximum atomic E-state index is 12.1. The van der Waals surface area contributed by atoms with E-state index < -0.39 is 0 Å². The number of methoxy groups -OCH3 is 1. The van der Waals surface area contributed by atoms with Crippen molar-refractivity contribution in [3.05, 3.63) is 18.2 Å². The van der Waals surface area contributed by atoms with Crippen molar-refractivity contribution in [2.24, 2.45) is 10.9 Å². The van der Waals surface area contributed by atoms with E-state index in [4.69, 9.17) is 9.47 Å². The molecule has 1 aliphatic carbocycles. The zero-order valence-electron chi connectivity index (χ0n) is 17.8. The third-order valence-electron chi connectivity index (χ3n) is 4.89. The molecular formula is C21H35IN4O3. The first-order valence-electron chi connectivity index (χ1n) is 10.2. The summed E-state index contributed by atoms with van der Waals surface area (Å²) in [6, 6.07) is 5.64. The third kappa shape index (κ3) is 9.10. The number of aliphatic imine (C=N–C) groups is 1. The van der Waals surface area contributed by atoms with Gasteiger partial charge in [-0.1, -0.05) is 19.3 Å². The maximum Gasteiger partial charge on any atom is 0.220 e. The number of amides is 1. The molecule has 0 heterocycles. The normalized spacial score (nSPS) is 14.5. The molecular weight excluding hydrogens is 483 g/mol. The second-order valence-electron chi connectivity index (χ2n) is 6.98. The molecule has 1 aliphatic rings. The van der Waals surface area contributed by atoms with Crippen molar-refractivity contribution in [2.45, 2.75) is 45.4 Å². The van der Waals surface area contributed by atoms with Gasteiger partial charge in [0, 0.05) is 38.3 Å². The fourth-order valence-electron chi connectivity index (χ4n) is 3.44. The number of nitrogens with one attached hydrogen (secondary N) is 3. The summed E-state index contributed by atoms with van der Waals surface area (Å²) >= 11 is 0. The van der Waals surface area contributed by atoms with Crippen LogP contribution in [0.15, 0.2) is 23.2 Å². The van der Waals surface area contributed by atoms with Crippen LogP contribution < -0.4 is 25.4 Å². The number of hydrogen-bond donors (Lipinski definition) is 3. The summed E-state index contributed by atoms with van der Waals surface area (Å²) in [4.78, 5) is 16.3. The fraction of sp³-hybridized carbons (Fsp3) is 0.619. The van der Waals surface area contributed by atoms with Gasteiger partial charge in [-0.25, -0.2) is 0 Å². The van der Waals surface area contributed by atoms with E-state index in [0.717, 1.165) is 5.69 Å². The number of rotatable bonds is 9. The molecule has 0 aliphatic heterocycles. The van der Waals surface area contributed by atoms with Gasteiger partial charge in [0.05, 0.1) is 13.7 Å². The number of benzene rings is 1. The summed E-state index contributed by atoms with van der Waals surface area (Å²) in [6.45, 7) is 3.69. The molecule has 164 valence electrons. The van der Waals surface area contributed by atoms with Crippen LogP contribution in [0, 0.1) is 5.92 Å². The van der Waals surface area contributed by atoms with Gasteiger partial charge in [-0.3, -0.25) is 9.79 Å². The maximum absolute atomic E-state index is 12.1. The SMILES string of the molecule is CCOc1ccc(NC(=NC)NCCNC(=O)CC2CCCCC2)cc1OC.I. The second-order valence-corrected chi connectivity index (χ2v) is 6.98. The molecule has 0 radical (unpaired) electrons. The summed E-state index contributed by atoms with van der Waals surface area (Å²) in [6.07, 6.45) is 6.87. The lowest BCUT2D eigenvalue weighted by Crippen LogP contribution is -2.38. The molecule has 0 spiro atoms. The number of anilines is 1. The predicted molar refractivity (Wildman–Crippen MR) is 129 cm³/mol. The zero-order valence-corrected chi connectivity index (χ0v) is 20.1. The lowest BCUT2D eigenvalue weighted by Gasteiger charge is -2.21. The van der Waals surface area contributed by atoms with Crippen LogP contribution in [0.1, 0.15) is 45.4 Å². The van der Waals surface area contributed by atoms with E-state index >= 15 is 0 Å². The molecule has 1 amide bonds. The van der Waals surface area contributed by atoms with Gasteiger partial charge in [-0.2, -0.15) is 0 Å². The van der Waals surface area contributed by atoms with Crippen LogP contribution in [0.25, 0.3) is 0 Å². The predicted octanol–water partition coefficient (Wildman–Crippen LogP) is 3.79. The summed E-state index contributed by atoms with van der Waals surface area (Å²) < 4.78 is 10.9. The lowest BCUT2D eigenvalue weighted by atomic mass is 9.87. The molecule has 0 atom stereocenters. The minimum absolute atomic E-state index is 0. The van der Waals surface area contributed by atoms with E-state index in [-0.39, 0.29) is 29.9 Å². The Labute approximate surface area is 191 Å². The van der Waals surface area contributed by atoms with Gasteiger partial charge in [0.1, 0.15) is 0 Å². The van der Waals surface area contributed by atoms with E-state index in [0.29, 0.717) is 49.5 Å². The van der Waals surface area contributed by atoms with Crippen LogP contribution in [0.5, 0.6) is 11.5 Å². The molecule has 3 N–H and O–H groups in total. The molecule has 1 aromatic rings. The number of hydrogen-bond acceptors (Lipinski definition) is 4.